The van der Waals surface area contributed by atoms with Gasteiger partial charge in [0, 0.05) is 6.07 Å². The number of nitrogens with one attached hydrogen (secondary N) is 1. The first-order valence-electron chi connectivity index (χ1n) is 9.68. The van der Waals surface area contributed by atoms with Gasteiger partial charge in [0.15, 0.2) is 0 Å². The molecule has 0 atom stereocenters. The number of rotatable bonds is 9. The number of nitrogens with zero attached hydrogens (tertiary/aromatic N) is 4. The van der Waals surface area contributed by atoms with Crippen LogP contribution in [0.4, 0.5) is 11.4 Å². The van der Waals surface area contributed by atoms with Crippen LogP contribution in [0.1, 0.15) is 24.5 Å². The summed E-state index contributed by atoms with van der Waals surface area (Å²) in [4.78, 5) is 20.2. The molecule has 0 bridgehead atoms. The number of hydrazone groups is 1. The van der Waals surface area contributed by atoms with Crippen LogP contribution in [0.2, 0.25) is 0 Å². The summed E-state index contributed by atoms with van der Waals surface area (Å²) in [6.07, 6.45) is 1.52. The Balaban J connectivity index is 0.000000379. The lowest BCUT2D eigenvalue weighted by Crippen LogP contribution is -2.28. The molecule has 16 heteroatoms. The van der Waals surface area contributed by atoms with Crippen molar-refractivity contribution < 1.29 is 32.4 Å². The molecule has 0 unspecified atom stereocenters. The van der Waals surface area contributed by atoms with Crippen LogP contribution < -0.4 is 10.5 Å². The molecule has 0 amide bonds. The molecule has 0 saturated heterocycles. The molecule has 0 aliphatic rings. The van der Waals surface area contributed by atoms with Gasteiger partial charge in [-0.3, -0.25) is 35.0 Å². The van der Waals surface area contributed by atoms with Crippen molar-refractivity contribution in [2.45, 2.75) is 25.2 Å². The molecule has 2 aromatic rings. The van der Waals surface area contributed by atoms with E-state index in [4.69, 9.17) is 25.3 Å². The average molecular weight is 513 g/mol. The number of methoxy groups -OCH3 is 1. The van der Waals surface area contributed by atoms with E-state index in [1.807, 2.05) is 13.8 Å². The molecule has 0 aliphatic carbocycles. The van der Waals surface area contributed by atoms with Gasteiger partial charge in [0.05, 0.1) is 46.3 Å². The van der Waals surface area contributed by atoms with Crippen molar-refractivity contribution in [3.63, 3.8) is 0 Å². The van der Waals surface area contributed by atoms with Gasteiger partial charge in [-0.15, -0.1) is 5.17 Å². The van der Waals surface area contributed by atoms with Gasteiger partial charge in [-0.25, -0.2) is 0 Å². The zero-order valence-electron chi connectivity index (χ0n) is 18.9. The van der Waals surface area contributed by atoms with Crippen molar-refractivity contribution in [3.05, 3.63) is 67.8 Å². The minimum atomic E-state index is -3.54. The number of non-ortho nitro benzene ring substituents is 1. The van der Waals surface area contributed by atoms with Gasteiger partial charge >= 0.3 is 5.69 Å². The van der Waals surface area contributed by atoms with Gasteiger partial charge in [-0.2, -0.15) is 13.5 Å². The molecule has 0 spiro atoms. The van der Waals surface area contributed by atoms with Crippen molar-refractivity contribution in [1.82, 2.24) is 5.17 Å². The molecular formula is C19H24N6O9S. The normalized spacial score (nSPS) is 10.9. The fraction of sp³-hybridized carbons (Fsp3) is 0.263. The topological polar surface area (TPSA) is 225 Å². The first kappa shape index (κ1) is 28.9. The largest absolute Gasteiger partial charge is 0.490 e. The Hall–Kier alpha value is -4.15. The molecule has 0 radical (unpaired) electrons. The second-order valence-electron chi connectivity index (χ2n) is 6.61. The number of guanidine groups is 1. The number of nitro benzene ring substituents is 2. The third kappa shape index (κ3) is 8.61. The summed E-state index contributed by atoms with van der Waals surface area (Å²) in [5.41, 5.74) is 4.61. The Morgan fingerprint density at radius 1 is 1.23 bits per heavy atom. The van der Waals surface area contributed by atoms with E-state index in [1.54, 1.807) is 24.3 Å². The highest BCUT2D eigenvalue weighted by Crippen LogP contribution is 2.34. The summed E-state index contributed by atoms with van der Waals surface area (Å²) in [6, 6.07) is 8.31. The fourth-order valence-corrected chi connectivity index (χ4v) is 3.32. The molecule has 35 heavy (non-hydrogen) atoms. The maximum absolute atomic E-state index is 11.5. The number of nitro groups is 2. The number of hydroxylamine groups is 1. The van der Waals surface area contributed by atoms with Crippen LogP contribution in [0.25, 0.3) is 0 Å². The SMILES string of the molecule is CCCOS(=O)(=O)c1ccc(C)cc1.COc1c(C=NN(O)C(=N)N)cc([N+](=O)[O-])cc1[N+](=O)[O-]. The summed E-state index contributed by atoms with van der Waals surface area (Å²) in [5.74, 6) is -1.10. The van der Waals surface area contributed by atoms with E-state index in [-0.39, 0.29) is 28.0 Å². The quantitative estimate of drug-likeness (QED) is 0.145. The van der Waals surface area contributed by atoms with Crippen molar-refractivity contribution in [2.24, 2.45) is 10.8 Å². The van der Waals surface area contributed by atoms with Crippen LogP contribution in [-0.2, 0) is 14.3 Å². The smallest absolute Gasteiger partial charge is 0.318 e. The Morgan fingerprint density at radius 2 is 1.83 bits per heavy atom. The molecule has 0 saturated carbocycles. The fourth-order valence-electron chi connectivity index (χ4n) is 2.32. The number of hydrogen-bond acceptors (Lipinski definition) is 11. The summed E-state index contributed by atoms with van der Waals surface area (Å²) in [7, 11) is -2.41. The number of benzene rings is 2. The highest BCUT2D eigenvalue weighted by atomic mass is 32.2. The third-order valence-electron chi connectivity index (χ3n) is 3.97. The predicted molar refractivity (Wildman–Crippen MR) is 124 cm³/mol. The van der Waals surface area contributed by atoms with E-state index in [0.29, 0.717) is 6.42 Å². The van der Waals surface area contributed by atoms with Gasteiger partial charge in [0.1, 0.15) is 0 Å². The zero-order valence-corrected chi connectivity index (χ0v) is 19.8. The minimum absolute atomic E-state index is 0.0237. The van der Waals surface area contributed by atoms with Gasteiger partial charge in [-0.05, 0) is 25.5 Å². The van der Waals surface area contributed by atoms with E-state index in [2.05, 4.69) is 5.10 Å². The molecular weight excluding hydrogens is 488 g/mol. The molecule has 190 valence electrons. The lowest BCUT2D eigenvalue weighted by atomic mass is 10.1. The third-order valence-corrected chi connectivity index (χ3v) is 5.29. The molecule has 0 heterocycles. The van der Waals surface area contributed by atoms with Gasteiger partial charge in [0.2, 0.25) is 11.7 Å². The Kier molecular flexibility index (Phi) is 10.7. The average Bonchev–Trinajstić information content (AvgIpc) is 2.80. The summed E-state index contributed by atoms with van der Waals surface area (Å²) >= 11 is 0. The molecule has 2 rings (SSSR count). The highest BCUT2D eigenvalue weighted by Gasteiger charge is 2.24. The lowest BCUT2D eigenvalue weighted by molar-refractivity contribution is -0.394. The van der Waals surface area contributed by atoms with Crippen LogP contribution in [0, 0.1) is 32.6 Å². The maximum Gasteiger partial charge on any atom is 0.318 e. The van der Waals surface area contributed by atoms with Crippen molar-refractivity contribution in [1.29, 1.82) is 5.41 Å². The highest BCUT2D eigenvalue weighted by molar-refractivity contribution is 7.86. The van der Waals surface area contributed by atoms with Gasteiger partial charge < -0.3 is 10.5 Å². The standard InChI is InChI=1S/C10H14O3S.C9H10N6O6/c1-3-8-13-14(11,12)10-6-4-9(2)5-7-10;1-21-8-5(4-12-13(16)9(10)11)2-6(14(17)18)3-7(8)15(19)20/h4-7H,3,8H2,1-2H3;2-4,16H,1H3,(H3,10,11). The van der Waals surface area contributed by atoms with Crippen molar-refractivity contribution >= 4 is 33.7 Å². The summed E-state index contributed by atoms with van der Waals surface area (Å²) in [5, 5.41) is 40.9. The molecule has 15 nitrogen and oxygen atoms in total. The van der Waals surface area contributed by atoms with Crippen LogP contribution in [0.3, 0.4) is 0 Å². The van der Waals surface area contributed by atoms with Gasteiger partial charge in [0.25, 0.3) is 15.8 Å². The number of nitrogens with two attached hydrogens (primary N) is 1. The van der Waals surface area contributed by atoms with Crippen molar-refractivity contribution in [3.8, 4) is 5.75 Å². The first-order chi connectivity index (χ1) is 16.3. The van der Waals surface area contributed by atoms with Crippen molar-refractivity contribution in [2.75, 3.05) is 13.7 Å². The first-order valence-corrected chi connectivity index (χ1v) is 11.1. The minimum Gasteiger partial charge on any atom is -0.490 e. The summed E-state index contributed by atoms with van der Waals surface area (Å²) < 4.78 is 32.6. The maximum atomic E-state index is 11.5. The number of aryl methyl sites for hydroxylation is 1. The van der Waals surface area contributed by atoms with E-state index < -0.39 is 37.3 Å². The Labute approximate surface area is 200 Å². The van der Waals surface area contributed by atoms with E-state index in [9.17, 15) is 28.6 Å². The molecule has 0 aliphatic heterocycles. The number of ether oxygens (including phenoxy) is 1. The Morgan fingerprint density at radius 3 is 2.29 bits per heavy atom. The molecule has 2 aromatic carbocycles. The number of hydrogen-bond donors (Lipinski definition) is 3. The molecule has 0 aromatic heterocycles. The van der Waals surface area contributed by atoms with Gasteiger partial charge in [-0.1, -0.05) is 24.6 Å². The Bertz CT molecular complexity index is 1200. The monoisotopic (exact) mass is 512 g/mol. The van der Waals surface area contributed by atoms with Crippen LogP contribution in [-0.4, -0.2) is 54.5 Å². The predicted octanol–water partition coefficient (Wildman–Crippen LogP) is 2.54. The van der Waals surface area contributed by atoms with Crippen LogP contribution in [0.15, 0.2) is 46.4 Å². The zero-order chi connectivity index (χ0) is 26.8. The van der Waals surface area contributed by atoms with Crippen LogP contribution in [0.5, 0.6) is 5.75 Å². The summed E-state index contributed by atoms with van der Waals surface area (Å²) in [6.45, 7) is 4.00. The molecule has 4 N–H and O–H groups in total. The second kappa shape index (κ2) is 12.9. The van der Waals surface area contributed by atoms with Crippen LogP contribution >= 0.6 is 0 Å². The molecule has 0 fully saturated rings. The second-order valence-corrected chi connectivity index (χ2v) is 8.23. The van der Waals surface area contributed by atoms with E-state index >= 15 is 0 Å². The lowest BCUT2D eigenvalue weighted by Gasteiger charge is -2.08. The van der Waals surface area contributed by atoms with E-state index in [0.717, 1.165) is 31.0 Å². The van der Waals surface area contributed by atoms with E-state index in [1.165, 1.54) is 0 Å².